The highest BCUT2D eigenvalue weighted by Gasteiger charge is 2.71. The van der Waals surface area contributed by atoms with E-state index in [0.717, 1.165) is 44.9 Å². The minimum absolute atomic E-state index is 0.118. The average Bonchev–Trinajstić information content (AvgIpc) is 3.38. The summed E-state index contributed by atoms with van der Waals surface area (Å²) >= 11 is 0. The summed E-state index contributed by atoms with van der Waals surface area (Å²) in [7, 11) is 0. The first-order valence-electron chi connectivity index (χ1n) is 18.9. The number of carboxylic acid groups (broad SMARTS) is 1. The molecule has 0 heterocycles. The summed E-state index contributed by atoms with van der Waals surface area (Å²) < 4.78 is 11.6. The molecule has 0 amide bonds. The Balaban J connectivity index is 1.37. The predicted octanol–water partition coefficient (Wildman–Crippen LogP) is 9.29. The van der Waals surface area contributed by atoms with Crippen molar-refractivity contribution in [2.24, 2.45) is 62.1 Å². The number of nitriles is 1. The maximum absolute atomic E-state index is 13.0. The van der Waals surface area contributed by atoms with Gasteiger partial charge in [0, 0.05) is 11.8 Å². The van der Waals surface area contributed by atoms with Crippen molar-refractivity contribution in [2.75, 3.05) is 6.61 Å². The molecule has 1 unspecified atom stereocenters. The Morgan fingerprint density at radius 3 is 2.25 bits per heavy atom. The van der Waals surface area contributed by atoms with E-state index in [4.69, 9.17) is 14.7 Å². The SMILES string of the molecule is C=C(C)C1CC[C@]2(CCC(=O)OCCC#N)CC[C@]3(C)[C@H](CC[C@@H]4[C@@]5(C)CC[C@H](OC(=O)CC(C)(C)C(=O)O)C(C)(C)[C@@H]5CC[C@]43C)[C@@H]12. The molecule has 0 aromatic heterocycles. The second-order valence-corrected chi connectivity index (χ2v) is 18.9. The highest BCUT2D eigenvalue weighted by atomic mass is 16.5. The summed E-state index contributed by atoms with van der Waals surface area (Å²) in [5, 5.41) is 18.4. The second-order valence-electron chi connectivity index (χ2n) is 18.9. The molecule has 0 saturated heterocycles. The lowest BCUT2D eigenvalue weighted by Gasteiger charge is -2.73. The molecule has 0 aromatic rings. The Kier molecular flexibility index (Phi) is 9.81. The van der Waals surface area contributed by atoms with Crippen molar-refractivity contribution in [3.05, 3.63) is 12.2 Å². The lowest BCUT2D eigenvalue weighted by atomic mass is 9.32. The van der Waals surface area contributed by atoms with Crippen LogP contribution in [0.15, 0.2) is 12.2 Å². The molecule has 5 fully saturated rings. The zero-order chi connectivity index (χ0) is 35.5. The molecular weight excluding hydrogens is 602 g/mol. The van der Waals surface area contributed by atoms with Crippen molar-refractivity contribution < 1.29 is 29.0 Å². The topological polar surface area (TPSA) is 114 Å². The molecule has 0 radical (unpaired) electrons. The van der Waals surface area contributed by atoms with E-state index in [1.54, 1.807) is 13.8 Å². The monoisotopic (exact) mass is 665 g/mol. The molecule has 0 bridgehead atoms. The van der Waals surface area contributed by atoms with Crippen molar-refractivity contribution in [3.8, 4) is 6.07 Å². The summed E-state index contributed by atoms with van der Waals surface area (Å²) in [4.78, 5) is 37.5. The fraction of sp³-hybridized carbons (Fsp3) is 0.854. The Labute approximate surface area is 290 Å². The molecule has 10 atom stereocenters. The van der Waals surface area contributed by atoms with Crippen molar-refractivity contribution >= 4 is 17.9 Å². The van der Waals surface area contributed by atoms with E-state index < -0.39 is 17.4 Å². The van der Waals surface area contributed by atoms with E-state index in [-0.39, 0.29) is 58.6 Å². The summed E-state index contributed by atoms with van der Waals surface area (Å²) in [5.74, 6) is 1.08. The first kappa shape index (κ1) is 36.9. The zero-order valence-electron chi connectivity index (χ0n) is 31.2. The number of nitrogens with zero attached hydrogens (tertiary/aromatic N) is 1. The summed E-state index contributed by atoms with van der Waals surface area (Å²) in [6.45, 7) is 22.5. The van der Waals surface area contributed by atoms with Crippen LogP contribution >= 0.6 is 0 Å². The number of allylic oxidation sites excluding steroid dienone is 1. The third-order valence-electron chi connectivity index (χ3n) is 15.9. The molecule has 268 valence electrons. The van der Waals surface area contributed by atoms with Crippen molar-refractivity contribution in [3.63, 3.8) is 0 Å². The normalized spacial score (nSPS) is 41.4. The van der Waals surface area contributed by atoms with Gasteiger partial charge in [-0.3, -0.25) is 14.4 Å². The molecule has 0 aliphatic heterocycles. The van der Waals surface area contributed by atoms with Gasteiger partial charge < -0.3 is 14.6 Å². The Hall–Kier alpha value is -2.36. The summed E-state index contributed by atoms with van der Waals surface area (Å²) in [5.41, 5.74) is 0.620. The molecule has 7 heteroatoms. The highest BCUT2D eigenvalue weighted by molar-refractivity contribution is 5.81. The fourth-order valence-electron chi connectivity index (χ4n) is 13.2. The van der Waals surface area contributed by atoms with Crippen molar-refractivity contribution in [1.82, 2.24) is 0 Å². The first-order valence-corrected chi connectivity index (χ1v) is 18.9. The fourth-order valence-corrected chi connectivity index (χ4v) is 13.2. The van der Waals surface area contributed by atoms with Crippen LogP contribution in [0, 0.1) is 73.4 Å². The first-order chi connectivity index (χ1) is 22.3. The zero-order valence-corrected chi connectivity index (χ0v) is 31.2. The summed E-state index contributed by atoms with van der Waals surface area (Å²) in [6.07, 6.45) is 12.4. The standard InChI is InChI=1S/C41H63NO6/c1-26(2)27-13-19-41(20-16-32(43)47-24-10-23-42)22-21-39(8)28(34(27)41)11-12-30-38(7)17-15-31(48-33(44)25-36(3,4)35(45)46)37(5,6)29(38)14-18-40(30,39)9/h27-31,34H,1,10-22,24-25H2,2-9H3,(H,45,46)/t27?,28-,29+,30-,31+,34-,38+,39-,40-,41+/m1/s1. The van der Waals surface area contributed by atoms with Crippen LogP contribution in [0.4, 0.5) is 0 Å². The molecule has 5 aliphatic carbocycles. The van der Waals surface area contributed by atoms with Crippen LogP contribution in [0.1, 0.15) is 145 Å². The molecular formula is C41H63NO6. The molecule has 48 heavy (non-hydrogen) atoms. The van der Waals surface area contributed by atoms with Crippen LogP contribution in [0.2, 0.25) is 0 Å². The molecule has 5 saturated carbocycles. The van der Waals surface area contributed by atoms with Gasteiger partial charge in [-0.05, 0) is 143 Å². The Bertz CT molecular complexity index is 1340. The van der Waals surface area contributed by atoms with Crippen LogP contribution in [0.5, 0.6) is 0 Å². The highest BCUT2D eigenvalue weighted by Crippen LogP contribution is 2.78. The van der Waals surface area contributed by atoms with Crippen LogP contribution in [0.3, 0.4) is 0 Å². The molecule has 5 aliphatic rings. The quantitative estimate of drug-likeness (QED) is 0.141. The van der Waals surface area contributed by atoms with E-state index in [9.17, 15) is 19.5 Å². The number of carbonyl (C=O) groups excluding carboxylic acids is 2. The van der Waals surface area contributed by atoms with Gasteiger partial charge in [0.2, 0.25) is 0 Å². The van der Waals surface area contributed by atoms with Gasteiger partial charge in [-0.15, -0.1) is 0 Å². The van der Waals surface area contributed by atoms with Crippen LogP contribution in [-0.4, -0.2) is 35.7 Å². The lowest BCUT2D eigenvalue weighted by Crippen LogP contribution is -2.66. The van der Waals surface area contributed by atoms with Gasteiger partial charge in [-0.2, -0.15) is 5.26 Å². The molecule has 5 rings (SSSR count). The van der Waals surface area contributed by atoms with Crippen LogP contribution in [-0.2, 0) is 23.9 Å². The minimum Gasteiger partial charge on any atom is -0.481 e. The van der Waals surface area contributed by atoms with Crippen molar-refractivity contribution in [2.45, 2.75) is 151 Å². The largest absolute Gasteiger partial charge is 0.481 e. The third-order valence-corrected chi connectivity index (χ3v) is 15.9. The van der Waals surface area contributed by atoms with E-state index in [0.29, 0.717) is 36.0 Å². The minimum atomic E-state index is -1.15. The Morgan fingerprint density at radius 2 is 1.60 bits per heavy atom. The van der Waals surface area contributed by atoms with Gasteiger partial charge in [0.15, 0.2) is 0 Å². The molecule has 7 nitrogen and oxygen atoms in total. The van der Waals surface area contributed by atoms with Gasteiger partial charge in [0.05, 0.1) is 24.3 Å². The number of esters is 2. The number of rotatable bonds is 10. The molecule has 0 aromatic carbocycles. The predicted molar refractivity (Wildman–Crippen MR) is 185 cm³/mol. The number of carbonyl (C=O) groups is 3. The third kappa shape index (κ3) is 5.83. The lowest BCUT2D eigenvalue weighted by molar-refractivity contribution is -0.250. The van der Waals surface area contributed by atoms with Gasteiger partial charge in [-0.1, -0.05) is 46.8 Å². The number of hydrogen-bond acceptors (Lipinski definition) is 6. The van der Waals surface area contributed by atoms with Gasteiger partial charge in [-0.25, -0.2) is 0 Å². The number of ether oxygens (including phenoxy) is 2. The van der Waals surface area contributed by atoms with Gasteiger partial charge in [0.1, 0.15) is 12.7 Å². The smallest absolute Gasteiger partial charge is 0.309 e. The number of aliphatic carboxylic acids is 1. The van der Waals surface area contributed by atoms with Crippen LogP contribution in [0.25, 0.3) is 0 Å². The van der Waals surface area contributed by atoms with E-state index in [1.807, 2.05) is 0 Å². The average molecular weight is 666 g/mol. The van der Waals surface area contributed by atoms with E-state index in [1.165, 1.54) is 31.3 Å². The van der Waals surface area contributed by atoms with E-state index >= 15 is 0 Å². The second kappa shape index (κ2) is 12.8. The number of hydrogen-bond donors (Lipinski definition) is 1. The number of fused-ring (bicyclic) bond motifs is 7. The van der Waals surface area contributed by atoms with Gasteiger partial charge >= 0.3 is 17.9 Å². The molecule has 1 N–H and O–H groups in total. The van der Waals surface area contributed by atoms with Gasteiger partial charge in [0.25, 0.3) is 0 Å². The van der Waals surface area contributed by atoms with Crippen molar-refractivity contribution in [1.29, 1.82) is 5.26 Å². The molecule has 0 spiro atoms. The van der Waals surface area contributed by atoms with Crippen LogP contribution < -0.4 is 0 Å². The Morgan fingerprint density at radius 1 is 0.896 bits per heavy atom. The van der Waals surface area contributed by atoms with E-state index in [2.05, 4.69) is 54.2 Å². The maximum Gasteiger partial charge on any atom is 0.309 e. The summed E-state index contributed by atoms with van der Waals surface area (Å²) in [6, 6.07) is 2.06. The maximum atomic E-state index is 13.0. The number of carboxylic acids is 1.